The highest BCUT2D eigenvalue weighted by Crippen LogP contribution is 2.41. The lowest BCUT2D eigenvalue weighted by molar-refractivity contribution is -0.163. The minimum absolute atomic E-state index is 0.0882. The number of halogens is 6. The van der Waals surface area contributed by atoms with Crippen LogP contribution < -0.4 is 20.5 Å². The Bertz CT molecular complexity index is 2100. The first kappa shape index (κ1) is 34.0. The van der Waals surface area contributed by atoms with E-state index in [9.17, 15) is 34.8 Å². The predicted molar refractivity (Wildman–Crippen MR) is 170 cm³/mol. The highest BCUT2D eigenvalue weighted by atomic mass is 32.2. The fraction of sp³-hybridized carbons (Fsp3) is 0.323. The second-order valence-electron chi connectivity index (χ2n) is 11.6. The molecule has 0 aliphatic carbocycles. The van der Waals surface area contributed by atoms with Crippen LogP contribution in [-0.4, -0.2) is 57.5 Å². The Morgan fingerprint density at radius 1 is 1.10 bits per heavy atom. The van der Waals surface area contributed by atoms with Crippen molar-refractivity contribution in [3.05, 3.63) is 72.4 Å². The summed E-state index contributed by atoms with van der Waals surface area (Å²) in [6.45, 7) is 1.79. The van der Waals surface area contributed by atoms with E-state index in [0.717, 1.165) is 0 Å². The van der Waals surface area contributed by atoms with Gasteiger partial charge in [-0.05, 0) is 56.1 Å². The number of aryl methyl sites for hydroxylation is 1. The number of aromatic nitrogens is 5. The Labute approximate surface area is 276 Å². The standard InChI is InChI=1S/C31H30F6N8O3S/c1-16(17-3-6-20(32)7-4-17)48-24-11-18(5-8-23(24)43-49(46,47)30(33)34)27-26-28(44(2)42-27)22(14-40-29(26)38)19-13-41-45(15-19)21-9-10-39-25(12-21)31(35,36)37/h3-8,11,13-16,21,25,30,39,43H,9-10,12H2,1-2H3,(H2,38,40)/t16-,21?,25?/m0/s1. The first-order chi connectivity index (χ1) is 23.1. The Morgan fingerprint density at radius 2 is 1.84 bits per heavy atom. The molecule has 0 radical (unpaired) electrons. The number of sulfonamides is 1. The van der Waals surface area contributed by atoms with Crippen molar-refractivity contribution >= 4 is 32.4 Å². The van der Waals surface area contributed by atoms with Crippen LogP contribution in [0.3, 0.4) is 0 Å². The summed E-state index contributed by atoms with van der Waals surface area (Å²) in [7, 11) is -3.43. The van der Waals surface area contributed by atoms with Gasteiger partial charge in [0.2, 0.25) is 0 Å². The number of hydrogen-bond acceptors (Lipinski definition) is 8. The van der Waals surface area contributed by atoms with Crippen molar-refractivity contribution in [1.82, 2.24) is 29.9 Å². The van der Waals surface area contributed by atoms with Crippen molar-refractivity contribution in [3.8, 4) is 28.1 Å². The highest BCUT2D eigenvalue weighted by molar-refractivity contribution is 7.93. The molecule has 5 aromatic rings. The quantitative estimate of drug-likeness (QED) is 0.154. The fourth-order valence-corrected chi connectivity index (χ4v) is 6.42. The number of nitrogen functional groups attached to an aromatic ring is 1. The number of pyridine rings is 1. The molecule has 1 aliphatic rings. The lowest BCUT2D eigenvalue weighted by atomic mass is 9.99. The molecule has 0 saturated carbocycles. The molecular weight excluding hydrogens is 678 g/mol. The Kier molecular flexibility index (Phi) is 8.95. The summed E-state index contributed by atoms with van der Waals surface area (Å²) in [6.07, 6.45) is -0.205. The molecule has 0 bridgehead atoms. The topological polar surface area (TPSA) is 142 Å². The number of ether oxygens (including phenoxy) is 1. The van der Waals surface area contributed by atoms with E-state index < -0.39 is 46.0 Å². The molecule has 0 spiro atoms. The zero-order valence-electron chi connectivity index (χ0n) is 25.9. The van der Waals surface area contributed by atoms with E-state index in [0.29, 0.717) is 45.3 Å². The smallest absolute Gasteiger partial charge is 0.403 e. The summed E-state index contributed by atoms with van der Waals surface area (Å²) < 4.78 is 115. The zero-order valence-corrected chi connectivity index (χ0v) is 26.7. The molecule has 4 heterocycles. The van der Waals surface area contributed by atoms with Crippen LogP contribution in [-0.2, 0) is 17.1 Å². The summed E-state index contributed by atoms with van der Waals surface area (Å²) in [5, 5.41) is 11.9. The van der Waals surface area contributed by atoms with Crippen LogP contribution in [0, 0.1) is 5.82 Å². The number of rotatable bonds is 9. The number of nitrogens with one attached hydrogen (secondary N) is 2. The molecule has 18 heteroatoms. The summed E-state index contributed by atoms with van der Waals surface area (Å²) in [5.74, 6) is -4.24. The lowest BCUT2D eigenvalue weighted by Crippen LogP contribution is -2.48. The van der Waals surface area contributed by atoms with E-state index in [1.165, 1.54) is 64.2 Å². The van der Waals surface area contributed by atoms with Crippen LogP contribution in [0.25, 0.3) is 33.3 Å². The van der Waals surface area contributed by atoms with Gasteiger partial charge in [-0.2, -0.15) is 32.1 Å². The zero-order chi connectivity index (χ0) is 35.2. The molecule has 3 aromatic heterocycles. The van der Waals surface area contributed by atoms with Gasteiger partial charge < -0.3 is 15.8 Å². The van der Waals surface area contributed by atoms with Gasteiger partial charge in [0.05, 0.1) is 28.8 Å². The van der Waals surface area contributed by atoms with E-state index in [2.05, 4.69) is 20.5 Å². The molecule has 2 aromatic carbocycles. The van der Waals surface area contributed by atoms with Gasteiger partial charge in [-0.15, -0.1) is 0 Å². The maximum Gasteiger partial charge on any atom is 0.403 e. The summed E-state index contributed by atoms with van der Waals surface area (Å²) in [4.78, 5) is 4.34. The lowest BCUT2D eigenvalue weighted by Gasteiger charge is -2.31. The summed E-state index contributed by atoms with van der Waals surface area (Å²) in [6, 6.07) is 7.33. The first-order valence-corrected chi connectivity index (χ1v) is 16.5. The van der Waals surface area contributed by atoms with Gasteiger partial charge in [-0.3, -0.25) is 14.1 Å². The Balaban J connectivity index is 1.39. The van der Waals surface area contributed by atoms with E-state index >= 15 is 0 Å². The molecule has 0 amide bonds. The number of alkyl halides is 5. The van der Waals surface area contributed by atoms with Crippen molar-refractivity contribution in [2.75, 3.05) is 17.0 Å². The number of hydrogen-bond donors (Lipinski definition) is 3. The molecule has 3 atom stereocenters. The largest absolute Gasteiger partial charge is 0.484 e. The Hall–Kier alpha value is -4.84. The van der Waals surface area contributed by atoms with Crippen LogP contribution in [0.2, 0.25) is 0 Å². The third-order valence-electron chi connectivity index (χ3n) is 8.33. The van der Waals surface area contributed by atoms with Crippen LogP contribution in [0.4, 0.5) is 37.8 Å². The molecule has 49 heavy (non-hydrogen) atoms. The van der Waals surface area contributed by atoms with E-state index in [4.69, 9.17) is 10.5 Å². The van der Waals surface area contributed by atoms with Gasteiger partial charge in [0.25, 0.3) is 10.0 Å². The van der Waals surface area contributed by atoms with Gasteiger partial charge in [-0.25, -0.2) is 17.8 Å². The van der Waals surface area contributed by atoms with Crippen molar-refractivity contribution < 1.29 is 39.5 Å². The molecule has 260 valence electrons. The maximum atomic E-state index is 13.5. The van der Waals surface area contributed by atoms with Crippen LogP contribution in [0.5, 0.6) is 5.75 Å². The number of benzene rings is 2. The molecule has 4 N–H and O–H groups in total. The molecule has 1 aliphatic heterocycles. The number of nitrogens with zero attached hydrogens (tertiary/aromatic N) is 5. The third-order valence-corrected chi connectivity index (χ3v) is 9.31. The number of nitrogens with two attached hydrogens (primary N) is 1. The van der Waals surface area contributed by atoms with Crippen LogP contribution >= 0.6 is 0 Å². The molecular formula is C31H30F6N8O3S. The summed E-state index contributed by atoms with van der Waals surface area (Å²) >= 11 is 0. The van der Waals surface area contributed by atoms with Crippen molar-refractivity contribution in [3.63, 3.8) is 0 Å². The van der Waals surface area contributed by atoms with Crippen LogP contribution in [0.1, 0.15) is 37.5 Å². The summed E-state index contributed by atoms with van der Waals surface area (Å²) in [5.41, 5.74) is 8.88. The van der Waals surface area contributed by atoms with Gasteiger partial charge in [0.1, 0.15) is 35.2 Å². The molecule has 1 saturated heterocycles. The molecule has 2 unspecified atom stereocenters. The monoisotopic (exact) mass is 708 g/mol. The first-order valence-electron chi connectivity index (χ1n) is 14.9. The minimum Gasteiger partial charge on any atom is -0.484 e. The van der Waals surface area contributed by atoms with E-state index in [1.54, 1.807) is 20.2 Å². The van der Waals surface area contributed by atoms with E-state index in [1.807, 2.05) is 4.72 Å². The van der Waals surface area contributed by atoms with Gasteiger partial charge >= 0.3 is 11.9 Å². The average Bonchev–Trinajstić information content (AvgIpc) is 3.68. The number of fused-ring (bicyclic) bond motifs is 1. The van der Waals surface area contributed by atoms with E-state index in [-0.39, 0.29) is 30.2 Å². The molecule has 1 fully saturated rings. The fourth-order valence-electron chi connectivity index (χ4n) is 5.85. The van der Waals surface area contributed by atoms with Crippen molar-refractivity contribution in [1.29, 1.82) is 0 Å². The predicted octanol–water partition coefficient (Wildman–Crippen LogP) is 6.18. The average molecular weight is 709 g/mol. The van der Waals surface area contributed by atoms with Crippen molar-refractivity contribution in [2.24, 2.45) is 7.05 Å². The van der Waals surface area contributed by atoms with Gasteiger partial charge in [-0.1, -0.05) is 18.2 Å². The van der Waals surface area contributed by atoms with Gasteiger partial charge in [0.15, 0.2) is 0 Å². The SMILES string of the molecule is C[C@H](Oc1cc(-c2nn(C)c3c(-c4cnn(C5CCNC(C(F)(F)F)C5)c4)cnc(N)c23)ccc1NS(=O)(=O)C(F)F)c1ccc(F)cc1. The molecule has 6 rings (SSSR count). The highest BCUT2D eigenvalue weighted by Gasteiger charge is 2.43. The van der Waals surface area contributed by atoms with Crippen LogP contribution in [0.15, 0.2) is 61.1 Å². The minimum atomic E-state index is -5.08. The molecule has 11 nitrogen and oxygen atoms in total. The Morgan fingerprint density at radius 3 is 2.53 bits per heavy atom. The normalized spacial score (nSPS) is 17.8. The second-order valence-corrected chi connectivity index (χ2v) is 13.3. The van der Waals surface area contributed by atoms with Crippen molar-refractivity contribution in [2.45, 2.75) is 49.9 Å². The maximum absolute atomic E-state index is 13.5. The number of anilines is 2. The number of piperidine rings is 1. The van der Waals surface area contributed by atoms with Gasteiger partial charge in [0, 0.05) is 36.1 Å². The second kappa shape index (κ2) is 12.9. The third kappa shape index (κ3) is 6.87.